The molecule has 0 bridgehead atoms. The van der Waals surface area contributed by atoms with Crippen molar-refractivity contribution in [2.24, 2.45) is 0 Å². The molecule has 0 aliphatic rings. The van der Waals surface area contributed by atoms with E-state index in [-0.39, 0.29) is 10.8 Å². The number of hydrogen-bond acceptors (Lipinski definition) is 5. The second-order valence-corrected chi connectivity index (χ2v) is 7.24. The van der Waals surface area contributed by atoms with Crippen molar-refractivity contribution in [2.75, 3.05) is 25.8 Å². The molecule has 2 aromatic rings. The average molecular weight is 361 g/mol. The lowest BCUT2D eigenvalue weighted by Gasteiger charge is -2.07. The molecule has 1 amide bonds. The summed E-state index contributed by atoms with van der Waals surface area (Å²) in [5, 5.41) is 2.66. The summed E-state index contributed by atoms with van der Waals surface area (Å²) in [6.45, 7) is 0. The summed E-state index contributed by atoms with van der Waals surface area (Å²) in [6.07, 6.45) is 4.11. The van der Waals surface area contributed by atoms with E-state index in [4.69, 9.17) is 9.47 Å². The number of anilines is 1. The molecule has 0 saturated carbocycles. The van der Waals surface area contributed by atoms with Gasteiger partial charge in [-0.1, -0.05) is 0 Å². The smallest absolute Gasteiger partial charge is 0.248 e. The van der Waals surface area contributed by atoms with Crippen LogP contribution in [0.2, 0.25) is 0 Å². The van der Waals surface area contributed by atoms with E-state index < -0.39 is 9.84 Å². The highest BCUT2D eigenvalue weighted by Crippen LogP contribution is 2.25. The fourth-order valence-corrected chi connectivity index (χ4v) is 2.73. The molecular weight excluding hydrogens is 342 g/mol. The summed E-state index contributed by atoms with van der Waals surface area (Å²) in [4.78, 5) is 12.2. The van der Waals surface area contributed by atoms with E-state index in [0.29, 0.717) is 22.7 Å². The monoisotopic (exact) mass is 361 g/mol. The van der Waals surface area contributed by atoms with Gasteiger partial charge >= 0.3 is 0 Å². The summed E-state index contributed by atoms with van der Waals surface area (Å²) in [6, 6.07) is 11.2. The van der Waals surface area contributed by atoms with Gasteiger partial charge in [0, 0.05) is 23.6 Å². The quantitative estimate of drug-likeness (QED) is 0.800. The lowest BCUT2D eigenvalue weighted by atomic mass is 10.1. The van der Waals surface area contributed by atoms with Crippen molar-refractivity contribution >= 4 is 27.5 Å². The number of carbonyl (C=O) groups is 1. The molecule has 7 heteroatoms. The van der Waals surface area contributed by atoms with Gasteiger partial charge < -0.3 is 14.8 Å². The predicted molar refractivity (Wildman–Crippen MR) is 96.8 cm³/mol. The Labute approximate surface area is 147 Å². The second-order valence-electron chi connectivity index (χ2n) is 5.23. The van der Waals surface area contributed by atoms with Crippen LogP contribution in [-0.2, 0) is 14.6 Å². The van der Waals surface area contributed by atoms with E-state index in [1.54, 1.807) is 38.5 Å². The van der Waals surface area contributed by atoms with E-state index in [2.05, 4.69) is 5.32 Å². The number of benzene rings is 2. The predicted octanol–water partition coefficient (Wildman–Crippen LogP) is 2.76. The summed E-state index contributed by atoms with van der Waals surface area (Å²) in [5.41, 5.74) is 1.20. The average Bonchev–Trinajstić information content (AvgIpc) is 2.59. The number of sulfone groups is 1. The molecule has 0 fully saturated rings. The summed E-state index contributed by atoms with van der Waals surface area (Å²) < 4.78 is 33.2. The van der Waals surface area contributed by atoms with Crippen LogP contribution in [0.25, 0.3) is 6.08 Å². The first-order valence-electron chi connectivity index (χ1n) is 7.34. The number of ether oxygens (including phenoxy) is 2. The zero-order chi connectivity index (χ0) is 18.4. The van der Waals surface area contributed by atoms with Crippen LogP contribution in [0.15, 0.2) is 53.4 Å². The number of amides is 1. The Morgan fingerprint density at radius 3 is 2.28 bits per heavy atom. The normalized spacial score (nSPS) is 11.3. The fourth-order valence-electron chi connectivity index (χ4n) is 2.10. The van der Waals surface area contributed by atoms with Crippen molar-refractivity contribution in [1.82, 2.24) is 0 Å². The molecule has 0 atom stereocenters. The zero-order valence-electron chi connectivity index (χ0n) is 14.1. The van der Waals surface area contributed by atoms with Gasteiger partial charge in [0.2, 0.25) is 5.91 Å². The molecular formula is C18H19NO5S. The second kappa shape index (κ2) is 7.85. The van der Waals surface area contributed by atoms with Gasteiger partial charge in [-0.2, -0.15) is 0 Å². The Hall–Kier alpha value is -2.80. The minimum absolute atomic E-state index is 0.196. The van der Waals surface area contributed by atoms with Crippen LogP contribution in [0.1, 0.15) is 5.56 Å². The Balaban J connectivity index is 2.11. The minimum Gasteiger partial charge on any atom is -0.497 e. The van der Waals surface area contributed by atoms with Gasteiger partial charge in [-0.25, -0.2) is 8.42 Å². The number of rotatable bonds is 6. The van der Waals surface area contributed by atoms with Crippen molar-refractivity contribution in [3.63, 3.8) is 0 Å². The number of carbonyl (C=O) groups excluding carboxylic acids is 1. The number of nitrogens with one attached hydrogen (secondary N) is 1. The topological polar surface area (TPSA) is 81.7 Å². The third-order valence-electron chi connectivity index (χ3n) is 3.40. The number of methoxy groups -OCH3 is 2. The molecule has 1 N–H and O–H groups in total. The van der Waals surface area contributed by atoms with Gasteiger partial charge in [-0.05, 0) is 48.5 Å². The van der Waals surface area contributed by atoms with Crippen molar-refractivity contribution in [1.29, 1.82) is 0 Å². The van der Waals surface area contributed by atoms with E-state index >= 15 is 0 Å². The third kappa shape index (κ3) is 5.09. The standard InChI is InChI=1S/C18H19NO5S/c1-23-15-7-10-17(24-2)13(12-15)4-11-18(20)19-14-5-8-16(9-6-14)25(3,21)22/h4-12H,1-3H3,(H,19,20)/b11-4+. The molecule has 0 spiro atoms. The van der Waals surface area contributed by atoms with Gasteiger partial charge in [0.25, 0.3) is 0 Å². The van der Waals surface area contributed by atoms with Crippen molar-refractivity contribution in [3.05, 3.63) is 54.1 Å². The lowest BCUT2D eigenvalue weighted by Crippen LogP contribution is -2.08. The van der Waals surface area contributed by atoms with E-state index in [0.717, 1.165) is 6.26 Å². The maximum atomic E-state index is 12.0. The Morgan fingerprint density at radius 1 is 1.04 bits per heavy atom. The molecule has 0 aromatic heterocycles. The van der Waals surface area contributed by atoms with E-state index in [9.17, 15) is 13.2 Å². The molecule has 0 unspecified atom stereocenters. The molecule has 0 aliphatic heterocycles. The fraction of sp³-hybridized carbons (Fsp3) is 0.167. The first kappa shape index (κ1) is 18.5. The maximum Gasteiger partial charge on any atom is 0.248 e. The van der Waals surface area contributed by atoms with Crippen LogP contribution in [0.4, 0.5) is 5.69 Å². The molecule has 2 rings (SSSR count). The highest BCUT2D eigenvalue weighted by molar-refractivity contribution is 7.90. The third-order valence-corrected chi connectivity index (χ3v) is 4.53. The molecule has 0 saturated heterocycles. The van der Waals surface area contributed by atoms with E-state index in [1.807, 2.05) is 0 Å². The molecule has 0 aliphatic carbocycles. The van der Waals surface area contributed by atoms with Crippen LogP contribution in [0.3, 0.4) is 0 Å². The molecule has 6 nitrogen and oxygen atoms in total. The number of hydrogen-bond donors (Lipinski definition) is 1. The highest BCUT2D eigenvalue weighted by atomic mass is 32.2. The van der Waals surface area contributed by atoms with Crippen molar-refractivity contribution in [3.8, 4) is 11.5 Å². The molecule has 132 valence electrons. The van der Waals surface area contributed by atoms with Crippen molar-refractivity contribution in [2.45, 2.75) is 4.90 Å². The minimum atomic E-state index is -3.26. The Morgan fingerprint density at radius 2 is 1.72 bits per heavy atom. The summed E-state index contributed by atoms with van der Waals surface area (Å²) in [5.74, 6) is 0.913. The van der Waals surface area contributed by atoms with Gasteiger partial charge in [-0.15, -0.1) is 0 Å². The first-order chi connectivity index (χ1) is 11.8. The van der Waals surface area contributed by atoms with Crippen LogP contribution >= 0.6 is 0 Å². The van der Waals surface area contributed by atoms with Crippen molar-refractivity contribution < 1.29 is 22.7 Å². The van der Waals surface area contributed by atoms with Gasteiger partial charge in [-0.3, -0.25) is 4.79 Å². The Kier molecular flexibility index (Phi) is 5.82. The van der Waals surface area contributed by atoms with Crippen LogP contribution < -0.4 is 14.8 Å². The molecule has 0 heterocycles. The van der Waals surface area contributed by atoms with Gasteiger partial charge in [0.1, 0.15) is 11.5 Å². The van der Waals surface area contributed by atoms with Crippen LogP contribution in [-0.4, -0.2) is 34.8 Å². The largest absolute Gasteiger partial charge is 0.497 e. The maximum absolute atomic E-state index is 12.0. The van der Waals surface area contributed by atoms with Gasteiger partial charge in [0.15, 0.2) is 9.84 Å². The van der Waals surface area contributed by atoms with Gasteiger partial charge in [0.05, 0.1) is 19.1 Å². The summed E-state index contributed by atoms with van der Waals surface area (Å²) in [7, 11) is -0.159. The molecule has 25 heavy (non-hydrogen) atoms. The SMILES string of the molecule is COc1ccc(OC)c(/C=C/C(=O)Nc2ccc(S(C)(=O)=O)cc2)c1. The van der Waals surface area contributed by atoms with Crippen LogP contribution in [0, 0.1) is 0 Å². The lowest BCUT2D eigenvalue weighted by molar-refractivity contribution is -0.111. The Bertz CT molecular complexity index is 886. The zero-order valence-corrected chi connectivity index (χ0v) is 15.0. The van der Waals surface area contributed by atoms with E-state index in [1.165, 1.54) is 30.3 Å². The molecule has 0 radical (unpaired) electrons. The summed E-state index contributed by atoms with van der Waals surface area (Å²) >= 11 is 0. The molecule has 2 aromatic carbocycles. The van der Waals surface area contributed by atoms with Crippen LogP contribution in [0.5, 0.6) is 11.5 Å². The first-order valence-corrected chi connectivity index (χ1v) is 9.24. The highest BCUT2D eigenvalue weighted by Gasteiger charge is 2.07.